The molecular formula is C14H22INO. The molecule has 0 heterocycles. The Balaban J connectivity index is 2.55. The smallest absolute Gasteiger partial charge is 0.0728 e. The van der Waals surface area contributed by atoms with E-state index in [2.05, 4.69) is 53.8 Å². The normalized spacial score (nSPS) is 14.6. The third kappa shape index (κ3) is 5.36. The summed E-state index contributed by atoms with van der Waals surface area (Å²) in [7, 11) is 0. The van der Waals surface area contributed by atoms with E-state index in [1.807, 2.05) is 6.92 Å². The van der Waals surface area contributed by atoms with E-state index in [4.69, 9.17) is 10.5 Å². The van der Waals surface area contributed by atoms with Crippen LogP contribution in [0.25, 0.3) is 0 Å². The zero-order valence-electron chi connectivity index (χ0n) is 10.7. The molecule has 3 heteroatoms. The molecule has 1 aromatic carbocycles. The van der Waals surface area contributed by atoms with Crippen LogP contribution in [0, 0.1) is 3.57 Å². The van der Waals surface area contributed by atoms with Gasteiger partial charge >= 0.3 is 0 Å². The molecule has 2 nitrogen and oxygen atoms in total. The lowest BCUT2D eigenvalue weighted by atomic mass is 9.99. The van der Waals surface area contributed by atoms with Crippen LogP contribution < -0.4 is 5.73 Å². The standard InChI is InChI=1S/C14H22INO/c1-3-5-14(17-4-2)13(16)10-11-6-8-12(15)9-7-11/h6-9,13-14H,3-5,10,16H2,1-2H3. The molecule has 0 aromatic heterocycles. The number of hydrogen-bond donors (Lipinski definition) is 1. The first-order valence-electron chi connectivity index (χ1n) is 6.29. The molecule has 0 saturated carbocycles. The first-order chi connectivity index (χ1) is 8.17. The Morgan fingerprint density at radius 3 is 2.41 bits per heavy atom. The fourth-order valence-corrected chi connectivity index (χ4v) is 2.30. The molecule has 0 bridgehead atoms. The van der Waals surface area contributed by atoms with E-state index in [1.54, 1.807) is 0 Å². The summed E-state index contributed by atoms with van der Waals surface area (Å²) in [5.41, 5.74) is 7.52. The van der Waals surface area contributed by atoms with Gasteiger partial charge in [-0.2, -0.15) is 0 Å². The summed E-state index contributed by atoms with van der Waals surface area (Å²) in [6.07, 6.45) is 3.23. The van der Waals surface area contributed by atoms with Gasteiger partial charge in [0.1, 0.15) is 0 Å². The van der Waals surface area contributed by atoms with E-state index >= 15 is 0 Å². The van der Waals surface area contributed by atoms with Gasteiger partial charge in [-0.15, -0.1) is 0 Å². The van der Waals surface area contributed by atoms with Gasteiger partial charge in [0, 0.05) is 16.2 Å². The van der Waals surface area contributed by atoms with Crippen molar-refractivity contribution >= 4 is 22.6 Å². The molecule has 0 amide bonds. The van der Waals surface area contributed by atoms with Crippen LogP contribution >= 0.6 is 22.6 Å². The van der Waals surface area contributed by atoms with Crippen molar-refractivity contribution in [1.29, 1.82) is 0 Å². The third-order valence-electron chi connectivity index (χ3n) is 2.82. The van der Waals surface area contributed by atoms with Crippen molar-refractivity contribution in [2.45, 2.75) is 45.3 Å². The lowest BCUT2D eigenvalue weighted by Gasteiger charge is -2.23. The first kappa shape index (κ1) is 14.9. The maximum Gasteiger partial charge on any atom is 0.0728 e. The average Bonchev–Trinajstić information content (AvgIpc) is 2.32. The predicted octanol–water partition coefficient (Wildman–Crippen LogP) is 3.37. The summed E-state index contributed by atoms with van der Waals surface area (Å²) in [5.74, 6) is 0. The highest BCUT2D eigenvalue weighted by Gasteiger charge is 2.17. The number of halogens is 1. The number of nitrogens with two attached hydrogens (primary N) is 1. The van der Waals surface area contributed by atoms with Crippen LogP contribution in [0.2, 0.25) is 0 Å². The number of ether oxygens (including phenoxy) is 1. The van der Waals surface area contributed by atoms with Crippen LogP contribution in [0.5, 0.6) is 0 Å². The highest BCUT2D eigenvalue weighted by Crippen LogP contribution is 2.13. The maximum absolute atomic E-state index is 6.23. The number of benzene rings is 1. The molecule has 1 rings (SSSR count). The minimum Gasteiger partial charge on any atom is -0.377 e. The molecule has 0 aliphatic carbocycles. The Kier molecular flexibility index (Phi) is 7.08. The van der Waals surface area contributed by atoms with Crippen molar-refractivity contribution in [3.8, 4) is 0 Å². The van der Waals surface area contributed by atoms with E-state index in [-0.39, 0.29) is 12.1 Å². The van der Waals surface area contributed by atoms with E-state index in [1.165, 1.54) is 9.13 Å². The highest BCUT2D eigenvalue weighted by atomic mass is 127. The molecule has 2 atom stereocenters. The topological polar surface area (TPSA) is 35.2 Å². The van der Waals surface area contributed by atoms with Gasteiger partial charge in [-0.1, -0.05) is 25.5 Å². The number of rotatable bonds is 7. The lowest BCUT2D eigenvalue weighted by Crippen LogP contribution is -2.38. The van der Waals surface area contributed by atoms with Crippen molar-refractivity contribution in [1.82, 2.24) is 0 Å². The van der Waals surface area contributed by atoms with Crippen molar-refractivity contribution in [3.63, 3.8) is 0 Å². The molecule has 0 aliphatic rings. The quantitative estimate of drug-likeness (QED) is 0.768. The Morgan fingerprint density at radius 2 is 1.88 bits per heavy atom. The molecule has 1 aromatic rings. The van der Waals surface area contributed by atoms with E-state index in [0.717, 1.165) is 25.9 Å². The van der Waals surface area contributed by atoms with E-state index in [0.29, 0.717) is 0 Å². The van der Waals surface area contributed by atoms with Gasteiger partial charge in [-0.3, -0.25) is 0 Å². The van der Waals surface area contributed by atoms with Gasteiger partial charge < -0.3 is 10.5 Å². The number of hydrogen-bond acceptors (Lipinski definition) is 2. The van der Waals surface area contributed by atoms with E-state index < -0.39 is 0 Å². The predicted molar refractivity (Wildman–Crippen MR) is 81.2 cm³/mol. The van der Waals surface area contributed by atoms with Crippen LogP contribution in [0.15, 0.2) is 24.3 Å². The Morgan fingerprint density at radius 1 is 1.24 bits per heavy atom. The molecule has 17 heavy (non-hydrogen) atoms. The molecule has 0 fully saturated rings. The summed E-state index contributed by atoms with van der Waals surface area (Å²) in [4.78, 5) is 0. The van der Waals surface area contributed by atoms with Crippen LogP contribution in [-0.4, -0.2) is 18.8 Å². The summed E-state index contributed by atoms with van der Waals surface area (Å²) < 4.78 is 6.97. The average molecular weight is 347 g/mol. The van der Waals surface area contributed by atoms with Crippen LogP contribution in [0.3, 0.4) is 0 Å². The van der Waals surface area contributed by atoms with Crippen LogP contribution in [0.1, 0.15) is 32.3 Å². The van der Waals surface area contributed by atoms with Crippen molar-refractivity contribution in [3.05, 3.63) is 33.4 Å². The summed E-state index contributed by atoms with van der Waals surface area (Å²) >= 11 is 2.31. The summed E-state index contributed by atoms with van der Waals surface area (Å²) in [6.45, 7) is 4.94. The fraction of sp³-hybridized carbons (Fsp3) is 0.571. The van der Waals surface area contributed by atoms with Gasteiger partial charge in [0.15, 0.2) is 0 Å². The van der Waals surface area contributed by atoms with Gasteiger partial charge in [-0.05, 0) is 60.1 Å². The van der Waals surface area contributed by atoms with E-state index in [9.17, 15) is 0 Å². The zero-order chi connectivity index (χ0) is 12.7. The molecule has 0 aliphatic heterocycles. The Hall–Kier alpha value is -0.130. The minimum atomic E-state index is 0.0926. The van der Waals surface area contributed by atoms with Gasteiger partial charge in [0.25, 0.3) is 0 Å². The van der Waals surface area contributed by atoms with Crippen molar-refractivity contribution < 1.29 is 4.74 Å². The van der Waals surface area contributed by atoms with Crippen LogP contribution in [-0.2, 0) is 11.2 Å². The largest absolute Gasteiger partial charge is 0.377 e. The van der Waals surface area contributed by atoms with Crippen LogP contribution in [0.4, 0.5) is 0 Å². The monoisotopic (exact) mass is 347 g/mol. The lowest BCUT2D eigenvalue weighted by molar-refractivity contribution is 0.0378. The summed E-state index contributed by atoms with van der Waals surface area (Å²) in [6, 6.07) is 8.64. The molecule has 2 unspecified atom stereocenters. The maximum atomic E-state index is 6.23. The second-order valence-electron chi connectivity index (χ2n) is 4.28. The van der Waals surface area contributed by atoms with Gasteiger partial charge in [0.2, 0.25) is 0 Å². The Bertz CT molecular complexity index is 307. The molecule has 0 radical (unpaired) electrons. The second-order valence-corrected chi connectivity index (χ2v) is 5.52. The fourth-order valence-electron chi connectivity index (χ4n) is 1.94. The van der Waals surface area contributed by atoms with Gasteiger partial charge in [-0.25, -0.2) is 0 Å². The second kappa shape index (κ2) is 8.06. The molecule has 2 N–H and O–H groups in total. The SMILES string of the molecule is CCCC(OCC)C(N)Cc1ccc(I)cc1. The molecular weight excluding hydrogens is 325 g/mol. The molecule has 0 spiro atoms. The minimum absolute atomic E-state index is 0.0926. The third-order valence-corrected chi connectivity index (χ3v) is 3.54. The zero-order valence-corrected chi connectivity index (χ0v) is 12.8. The highest BCUT2D eigenvalue weighted by molar-refractivity contribution is 14.1. The summed E-state index contributed by atoms with van der Waals surface area (Å²) in [5, 5.41) is 0. The first-order valence-corrected chi connectivity index (χ1v) is 7.36. The van der Waals surface area contributed by atoms with Crippen molar-refractivity contribution in [2.24, 2.45) is 5.73 Å². The van der Waals surface area contributed by atoms with Crippen molar-refractivity contribution in [2.75, 3.05) is 6.61 Å². The molecule has 96 valence electrons. The Labute approximate surface area is 118 Å². The van der Waals surface area contributed by atoms with Gasteiger partial charge in [0.05, 0.1) is 6.10 Å². The molecule has 0 saturated heterocycles.